The van der Waals surface area contributed by atoms with Crippen LogP contribution in [0.1, 0.15) is 26.5 Å². The molecule has 3 heterocycles. The van der Waals surface area contributed by atoms with Gasteiger partial charge in [0.15, 0.2) is 5.76 Å². The molecule has 166 valence electrons. The predicted molar refractivity (Wildman–Crippen MR) is 124 cm³/mol. The fourth-order valence-electron chi connectivity index (χ4n) is 4.03. The monoisotopic (exact) mass is 440 g/mol. The van der Waals surface area contributed by atoms with E-state index in [1.807, 2.05) is 79.7 Å². The summed E-state index contributed by atoms with van der Waals surface area (Å²) >= 11 is 0. The van der Waals surface area contributed by atoms with E-state index in [0.717, 1.165) is 11.4 Å². The van der Waals surface area contributed by atoms with Crippen LogP contribution in [0.25, 0.3) is 17.1 Å². The standard InChI is InChI=1S/C26H24N4O3/c1-19-12-13-23(33-19)24-22(18-30(27-24)21-10-6-3-7-11-21)26(32)29-16-14-28(15-17-29)25(31)20-8-4-2-5-9-20/h2-13,18H,14-17H2,1H3. The first-order valence-corrected chi connectivity index (χ1v) is 11.0. The Balaban J connectivity index is 1.38. The highest BCUT2D eigenvalue weighted by molar-refractivity contribution is 6.00. The molecule has 0 spiro atoms. The number of carbonyl (C=O) groups excluding carboxylic acids is 2. The molecular formula is C26H24N4O3. The van der Waals surface area contributed by atoms with Crippen LogP contribution in [0.15, 0.2) is 83.4 Å². The molecule has 0 radical (unpaired) electrons. The zero-order valence-electron chi connectivity index (χ0n) is 18.3. The van der Waals surface area contributed by atoms with E-state index in [0.29, 0.717) is 48.8 Å². The van der Waals surface area contributed by atoms with Gasteiger partial charge in [-0.3, -0.25) is 9.59 Å². The Morgan fingerprint density at radius 1 is 0.788 bits per heavy atom. The molecule has 1 saturated heterocycles. The highest BCUT2D eigenvalue weighted by Gasteiger charge is 2.29. The minimum absolute atomic E-state index is 0.00801. The lowest BCUT2D eigenvalue weighted by Gasteiger charge is -2.34. The smallest absolute Gasteiger partial charge is 0.257 e. The SMILES string of the molecule is Cc1ccc(-c2nn(-c3ccccc3)cc2C(=O)N2CCN(C(=O)c3ccccc3)CC2)o1. The number of aromatic nitrogens is 2. The first kappa shape index (κ1) is 20.8. The molecule has 0 aliphatic carbocycles. The number of piperazine rings is 1. The summed E-state index contributed by atoms with van der Waals surface area (Å²) in [5, 5.41) is 4.67. The number of benzene rings is 2. The summed E-state index contributed by atoms with van der Waals surface area (Å²) in [6.45, 7) is 3.76. The van der Waals surface area contributed by atoms with Crippen LogP contribution in [0.4, 0.5) is 0 Å². The van der Waals surface area contributed by atoms with Gasteiger partial charge in [-0.2, -0.15) is 5.10 Å². The van der Waals surface area contributed by atoms with Gasteiger partial charge in [0.05, 0.1) is 11.3 Å². The molecule has 33 heavy (non-hydrogen) atoms. The molecule has 2 amide bonds. The molecule has 7 heteroatoms. The molecule has 1 aliphatic heterocycles. The summed E-state index contributed by atoms with van der Waals surface area (Å²) < 4.78 is 7.50. The van der Waals surface area contributed by atoms with Crippen LogP contribution in [0.5, 0.6) is 0 Å². The Hall–Kier alpha value is -4.13. The number of nitrogens with zero attached hydrogens (tertiary/aromatic N) is 4. The molecule has 7 nitrogen and oxygen atoms in total. The molecule has 0 unspecified atom stereocenters. The van der Waals surface area contributed by atoms with Gasteiger partial charge in [-0.1, -0.05) is 36.4 Å². The Morgan fingerprint density at radius 3 is 2.00 bits per heavy atom. The second-order valence-corrected chi connectivity index (χ2v) is 8.03. The minimum atomic E-state index is -0.118. The highest BCUT2D eigenvalue weighted by atomic mass is 16.3. The number of furan rings is 1. The normalized spacial score (nSPS) is 13.8. The number of amides is 2. The molecule has 0 atom stereocenters. The maximum absolute atomic E-state index is 13.5. The zero-order chi connectivity index (χ0) is 22.8. The summed E-state index contributed by atoms with van der Waals surface area (Å²) in [6.07, 6.45) is 1.76. The van der Waals surface area contributed by atoms with Gasteiger partial charge >= 0.3 is 0 Å². The number of para-hydroxylation sites is 1. The van der Waals surface area contributed by atoms with Gasteiger partial charge in [0.1, 0.15) is 11.5 Å². The van der Waals surface area contributed by atoms with Crippen molar-refractivity contribution in [3.63, 3.8) is 0 Å². The van der Waals surface area contributed by atoms with Gasteiger partial charge in [0.2, 0.25) is 0 Å². The number of carbonyl (C=O) groups is 2. The highest BCUT2D eigenvalue weighted by Crippen LogP contribution is 2.27. The van der Waals surface area contributed by atoms with E-state index in [1.54, 1.807) is 20.7 Å². The van der Waals surface area contributed by atoms with Crippen LogP contribution >= 0.6 is 0 Å². The largest absolute Gasteiger partial charge is 0.460 e. The van der Waals surface area contributed by atoms with Gasteiger partial charge in [0.25, 0.3) is 11.8 Å². The molecule has 0 saturated carbocycles. The average molecular weight is 441 g/mol. The van der Waals surface area contributed by atoms with E-state index in [-0.39, 0.29) is 11.8 Å². The van der Waals surface area contributed by atoms with E-state index in [2.05, 4.69) is 5.10 Å². The lowest BCUT2D eigenvalue weighted by Crippen LogP contribution is -2.50. The van der Waals surface area contributed by atoms with Crippen molar-refractivity contribution in [2.24, 2.45) is 0 Å². The Kier molecular flexibility index (Phi) is 5.52. The summed E-state index contributed by atoms with van der Waals surface area (Å²) in [5.74, 6) is 1.19. The third-order valence-corrected chi connectivity index (χ3v) is 5.81. The van der Waals surface area contributed by atoms with Crippen LogP contribution in [0, 0.1) is 6.92 Å². The van der Waals surface area contributed by atoms with Crippen LogP contribution in [0.3, 0.4) is 0 Å². The van der Waals surface area contributed by atoms with E-state index in [9.17, 15) is 9.59 Å². The third kappa shape index (κ3) is 4.17. The molecule has 0 bridgehead atoms. The summed E-state index contributed by atoms with van der Waals surface area (Å²) in [4.78, 5) is 29.8. The van der Waals surface area contributed by atoms with Gasteiger partial charge in [-0.15, -0.1) is 0 Å². The fraction of sp³-hybridized carbons (Fsp3) is 0.192. The van der Waals surface area contributed by atoms with Gasteiger partial charge < -0.3 is 14.2 Å². The first-order chi connectivity index (χ1) is 16.1. The maximum atomic E-state index is 13.5. The molecule has 2 aromatic carbocycles. The Morgan fingerprint density at radius 2 is 1.39 bits per heavy atom. The fourth-order valence-corrected chi connectivity index (χ4v) is 4.03. The quantitative estimate of drug-likeness (QED) is 0.480. The molecule has 1 fully saturated rings. The van der Waals surface area contributed by atoms with Crippen molar-refractivity contribution < 1.29 is 14.0 Å². The second-order valence-electron chi connectivity index (χ2n) is 8.03. The van der Waals surface area contributed by atoms with Crippen molar-refractivity contribution in [2.45, 2.75) is 6.92 Å². The molecule has 0 N–H and O–H groups in total. The molecule has 5 rings (SSSR count). The van der Waals surface area contributed by atoms with Crippen molar-refractivity contribution in [3.8, 4) is 17.1 Å². The van der Waals surface area contributed by atoms with Gasteiger partial charge in [-0.05, 0) is 43.3 Å². The number of rotatable bonds is 4. The lowest BCUT2D eigenvalue weighted by molar-refractivity contribution is 0.0536. The number of hydrogen-bond acceptors (Lipinski definition) is 4. The van der Waals surface area contributed by atoms with Crippen molar-refractivity contribution in [1.29, 1.82) is 0 Å². The van der Waals surface area contributed by atoms with Crippen molar-refractivity contribution in [2.75, 3.05) is 26.2 Å². The Bertz CT molecular complexity index is 1270. The minimum Gasteiger partial charge on any atom is -0.460 e. The van der Waals surface area contributed by atoms with E-state index in [4.69, 9.17) is 4.42 Å². The summed E-state index contributed by atoms with van der Waals surface area (Å²) in [5.41, 5.74) is 2.52. The van der Waals surface area contributed by atoms with Crippen LogP contribution < -0.4 is 0 Å². The molecule has 4 aromatic rings. The third-order valence-electron chi connectivity index (χ3n) is 5.81. The van der Waals surface area contributed by atoms with E-state index < -0.39 is 0 Å². The van der Waals surface area contributed by atoms with Crippen LogP contribution in [0.2, 0.25) is 0 Å². The van der Waals surface area contributed by atoms with Crippen molar-refractivity contribution in [3.05, 3.63) is 95.9 Å². The summed E-state index contributed by atoms with van der Waals surface area (Å²) in [6, 6.07) is 22.6. The predicted octanol–water partition coefficient (Wildman–Crippen LogP) is 4.04. The van der Waals surface area contributed by atoms with Gasteiger partial charge in [-0.25, -0.2) is 4.68 Å². The van der Waals surface area contributed by atoms with Gasteiger partial charge in [0, 0.05) is 37.9 Å². The van der Waals surface area contributed by atoms with E-state index in [1.165, 1.54) is 0 Å². The zero-order valence-corrected chi connectivity index (χ0v) is 18.3. The average Bonchev–Trinajstić information content (AvgIpc) is 3.51. The maximum Gasteiger partial charge on any atom is 0.257 e. The first-order valence-electron chi connectivity index (χ1n) is 11.0. The lowest BCUT2D eigenvalue weighted by atomic mass is 10.1. The van der Waals surface area contributed by atoms with E-state index >= 15 is 0 Å². The molecule has 1 aliphatic rings. The number of aryl methyl sites for hydroxylation is 1. The topological polar surface area (TPSA) is 71.6 Å². The molecule has 2 aromatic heterocycles. The molecular weight excluding hydrogens is 416 g/mol. The second kappa shape index (κ2) is 8.78. The Labute approximate surface area is 191 Å². The van der Waals surface area contributed by atoms with Crippen molar-refractivity contribution in [1.82, 2.24) is 19.6 Å². The number of hydrogen-bond donors (Lipinski definition) is 0. The van der Waals surface area contributed by atoms with Crippen LogP contribution in [-0.4, -0.2) is 57.6 Å². The van der Waals surface area contributed by atoms with Crippen molar-refractivity contribution >= 4 is 11.8 Å². The van der Waals surface area contributed by atoms with Crippen LogP contribution in [-0.2, 0) is 0 Å². The summed E-state index contributed by atoms with van der Waals surface area (Å²) in [7, 11) is 0.